The van der Waals surface area contributed by atoms with Gasteiger partial charge in [0.1, 0.15) is 5.01 Å². The van der Waals surface area contributed by atoms with E-state index in [1.165, 1.54) is 24.3 Å². The lowest BCUT2D eigenvalue weighted by molar-refractivity contribution is 0.102. The first-order valence-electron chi connectivity index (χ1n) is 7.72. The Morgan fingerprint density at radius 2 is 1.74 bits per heavy atom. The van der Waals surface area contributed by atoms with E-state index in [1.807, 2.05) is 0 Å². The van der Waals surface area contributed by atoms with E-state index in [0.29, 0.717) is 20.6 Å². The van der Waals surface area contributed by atoms with Crippen molar-refractivity contribution in [3.8, 4) is 0 Å². The average molecular weight is 442 g/mol. The molecule has 0 saturated heterocycles. The Morgan fingerprint density at radius 1 is 1.04 bits per heavy atom. The van der Waals surface area contributed by atoms with Gasteiger partial charge in [0.25, 0.3) is 5.91 Å². The highest BCUT2D eigenvalue weighted by atomic mass is 35.5. The molecule has 0 fully saturated rings. The molecule has 6 nitrogen and oxygen atoms in total. The number of hydrogen-bond donors (Lipinski definition) is 1. The van der Waals surface area contributed by atoms with Crippen LogP contribution in [0.3, 0.4) is 0 Å². The van der Waals surface area contributed by atoms with Crippen LogP contribution in [0.5, 0.6) is 0 Å². The van der Waals surface area contributed by atoms with Crippen LogP contribution in [0.25, 0.3) is 0 Å². The Hall–Kier alpha value is -2.00. The number of aromatic nitrogens is 2. The van der Waals surface area contributed by atoms with Gasteiger partial charge >= 0.3 is 0 Å². The zero-order chi connectivity index (χ0) is 19.4. The second-order valence-electron chi connectivity index (χ2n) is 5.46. The SMILES string of the molecule is O=C(Nc1nnc(CCS(=O)(=O)c2ccc(Cl)cc2)s1)c1ccccc1Cl. The molecule has 10 heteroatoms. The molecule has 1 N–H and O–H groups in total. The lowest BCUT2D eigenvalue weighted by atomic mass is 10.2. The third-order valence-electron chi connectivity index (χ3n) is 3.56. The molecule has 0 aliphatic heterocycles. The van der Waals surface area contributed by atoms with Crippen molar-refractivity contribution in [1.29, 1.82) is 0 Å². The number of hydrogen-bond acceptors (Lipinski definition) is 6. The molecule has 0 aliphatic carbocycles. The lowest BCUT2D eigenvalue weighted by Crippen LogP contribution is -2.12. The molecule has 0 atom stereocenters. The smallest absolute Gasteiger partial charge is 0.259 e. The molecular weight excluding hydrogens is 429 g/mol. The van der Waals surface area contributed by atoms with Crippen LogP contribution in [0, 0.1) is 0 Å². The minimum atomic E-state index is -3.46. The largest absolute Gasteiger partial charge is 0.296 e. The number of rotatable bonds is 6. The average Bonchev–Trinajstić information content (AvgIpc) is 3.08. The third-order valence-corrected chi connectivity index (χ3v) is 6.78. The molecule has 0 spiro atoms. The second kappa shape index (κ2) is 8.35. The first kappa shape index (κ1) is 19.8. The number of halogens is 2. The van der Waals surface area contributed by atoms with Gasteiger partial charge in [-0.15, -0.1) is 10.2 Å². The summed E-state index contributed by atoms with van der Waals surface area (Å²) in [5.74, 6) is -0.529. The van der Waals surface area contributed by atoms with Gasteiger partial charge in [-0.2, -0.15) is 0 Å². The van der Waals surface area contributed by atoms with Crippen molar-refractivity contribution in [3.05, 3.63) is 69.1 Å². The Bertz CT molecular complexity index is 1070. The number of amides is 1. The standard InChI is InChI=1S/C17H13Cl2N3O3S2/c18-11-5-7-12(8-6-11)27(24,25)10-9-15-21-22-17(26-15)20-16(23)13-3-1-2-4-14(13)19/h1-8H,9-10H2,(H,20,22,23). The van der Waals surface area contributed by atoms with Crippen LogP contribution in [0.1, 0.15) is 15.4 Å². The lowest BCUT2D eigenvalue weighted by Gasteiger charge is -2.03. The molecule has 140 valence electrons. The third kappa shape index (κ3) is 5.04. The molecule has 3 rings (SSSR count). The predicted octanol–water partition coefficient (Wildman–Crippen LogP) is 4.11. The van der Waals surface area contributed by atoms with Gasteiger partial charge in [0, 0.05) is 11.4 Å². The van der Waals surface area contributed by atoms with Crippen LogP contribution in [0.2, 0.25) is 10.0 Å². The number of carbonyl (C=O) groups is 1. The van der Waals surface area contributed by atoms with Crippen molar-refractivity contribution in [3.63, 3.8) is 0 Å². The second-order valence-corrected chi connectivity index (χ2v) is 9.47. The normalized spacial score (nSPS) is 11.3. The summed E-state index contributed by atoms with van der Waals surface area (Å²) in [5.41, 5.74) is 0.321. The summed E-state index contributed by atoms with van der Waals surface area (Å²) in [6.45, 7) is 0. The number of carbonyl (C=O) groups excluding carboxylic acids is 1. The summed E-state index contributed by atoms with van der Waals surface area (Å²) >= 11 is 12.9. The summed E-state index contributed by atoms with van der Waals surface area (Å²) in [6, 6.07) is 12.6. The van der Waals surface area contributed by atoms with Gasteiger partial charge in [-0.05, 0) is 36.4 Å². The number of aryl methyl sites for hydroxylation is 1. The topological polar surface area (TPSA) is 89.0 Å². The molecule has 27 heavy (non-hydrogen) atoms. The minimum Gasteiger partial charge on any atom is -0.296 e. The van der Waals surface area contributed by atoms with E-state index in [2.05, 4.69) is 15.5 Å². The van der Waals surface area contributed by atoms with E-state index in [0.717, 1.165) is 11.3 Å². The summed E-state index contributed by atoms with van der Waals surface area (Å²) < 4.78 is 24.7. The van der Waals surface area contributed by atoms with Crippen LogP contribution in [0.4, 0.5) is 5.13 Å². The fourth-order valence-electron chi connectivity index (χ4n) is 2.20. The Morgan fingerprint density at radius 3 is 2.44 bits per heavy atom. The van der Waals surface area contributed by atoms with Crippen molar-refractivity contribution in [2.75, 3.05) is 11.1 Å². The van der Waals surface area contributed by atoms with Gasteiger partial charge in [0.05, 0.1) is 21.2 Å². The Kier molecular flexibility index (Phi) is 6.11. The maximum atomic E-state index is 12.4. The van der Waals surface area contributed by atoms with Crippen molar-refractivity contribution in [2.45, 2.75) is 11.3 Å². The summed E-state index contributed by atoms with van der Waals surface area (Å²) in [6.07, 6.45) is 0.185. The van der Waals surface area contributed by atoms with E-state index in [1.54, 1.807) is 24.3 Å². The Balaban J connectivity index is 1.63. The molecule has 1 amide bonds. The first-order valence-corrected chi connectivity index (χ1v) is 10.9. The summed E-state index contributed by atoms with van der Waals surface area (Å²) in [7, 11) is -3.46. The Labute approximate surface area is 170 Å². The molecule has 0 radical (unpaired) electrons. The van der Waals surface area contributed by atoms with Crippen LogP contribution >= 0.6 is 34.5 Å². The van der Waals surface area contributed by atoms with Gasteiger partial charge in [-0.25, -0.2) is 8.42 Å². The molecule has 0 bridgehead atoms. The molecule has 0 saturated carbocycles. The van der Waals surface area contributed by atoms with Crippen LogP contribution in [0.15, 0.2) is 53.4 Å². The van der Waals surface area contributed by atoms with Crippen LogP contribution in [-0.4, -0.2) is 30.3 Å². The van der Waals surface area contributed by atoms with E-state index in [4.69, 9.17) is 23.2 Å². The number of anilines is 1. The van der Waals surface area contributed by atoms with E-state index in [-0.39, 0.29) is 22.2 Å². The van der Waals surface area contributed by atoms with Gasteiger partial charge < -0.3 is 0 Å². The van der Waals surface area contributed by atoms with E-state index in [9.17, 15) is 13.2 Å². The molecule has 1 heterocycles. The highest BCUT2D eigenvalue weighted by Gasteiger charge is 2.17. The molecular formula is C17H13Cl2N3O3S2. The van der Waals surface area contributed by atoms with Gasteiger partial charge in [0.2, 0.25) is 5.13 Å². The van der Waals surface area contributed by atoms with Crippen molar-refractivity contribution in [1.82, 2.24) is 10.2 Å². The molecule has 1 aromatic heterocycles. The highest BCUT2D eigenvalue weighted by Crippen LogP contribution is 2.21. The number of nitrogens with zero attached hydrogens (tertiary/aromatic N) is 2. The van der Waals surface area contributed by atoms with Crippen LogP contribution in [-0.2, 0) is 16.3 Å². The highest BCUT2D eigenvalue weighted by molar-refractivity contribution is 7.91. The van der Waals surface area contributed by atoms with Crippen LogP contribution < -0.4 is 5.32 Å². The maximum Gasteiger partial charge on any atom is 0.259 e. The summed E-state index contributed by atoms with van der Waals surface area (Å²) in [5, 5.41) is 12.0. The molecule has 0 unspecified atom stereocenters. The minimum absolute atomic E-state index is 0.123. The van der Waals surface area contributed by atoms with Gasteiger partial charge in [-0.1, -0.05) is 46.7 Å². The van der Waals surface area contributed by atoms with Crippen molar-refractivity contribution < 1.29 is 13.2 Å². The quantitative estimate of drug-likeness (QED) is 0.621. The first-order chi connectivity index (χ1) is 12.8. The van der Waals surface area contributed by atoms with Crippen molar-refractivity contribution in [2.24, 2.45) is 0 Å². The molecule has 2 aromatic carbocycles. The maximum absolute atomic E-state index is 12.4. The fraction of sp³-hybridized carbons (Fsp3) is 0.118. The van der Waals surface area contributed by atoms with E-state index < -0.39 is 15.7 Å². The summed E-state index contributed by atoms with van der Waals surface area (Å²) in [4.78, 5) is 12.4. The number of sulfone groups is 1. The monoisotopic (exact) mass is 441 g/mol. The zero-order valence-corrected chi connectivity index (χ0v) is 16.9. The zero-order valence-electron chi connectivity index (χ0n) is 13.7. The molecule has 0 aliphatic rings. The number of nitrogens with one attached hydrogen (secondary N) is 1. The van der Waals surface area contributed by atoms with E-state index >= 15 is 0 Å². The van der Waals surface area contributed by atoms with Gasteiger partial charge in [-0.3, -0.25) is 10.1 Å². The van der Waals surface area contributed by atoms with Gasteiger partial charge in [0.15, 0.2) is 9.84 Å². The predicted molar refractivity (Wildman–Crippen MR) is 107 cm³/mol. The molecule has 3 aromatic rings. The van der Waals surface area contributed by atoms with Crippen molar-refractivity contribution >= 4 is 55.4 Å². The fourth-order valence-corrected chi connectivity index (χ4v) is 4.66. The number of benzene rings is 2.